The highest BCUT2D eigenvalue weighted by atomic mass is 16.6. The zero-order valence-corrected chi connectivity index (χ0v) is 17.4. The molecule has 28 heavy (non-hydrogen) atoms. The van der Waals surface area contributed by atoms with Gasteiger partial charge in [0.1, 0.15) is 11.4 Å². The molecule has 0 aromatic heterocycles. The fourth-order valence-corrected chi connectivity index (χ4v) is 4.10. The Bertz CT molecular complexity index is 675. The van der Waals surface area contributed by atoms with E-state index in [-0.39, 0.29) is 24.3 Å². The average Bonchev–Trinajstić information content (AvgIpc) is 2.66. The molecule has 3 atom stereocenters. The highest BCUT2D eigenvalue weighted by molar-refractivity contribution is 5.85. The predicted molar refractivity (Wildman–Crippen MR) is 107 cm³/mol. The highest BCUT2D eigenvalue weighted by Crippen LogP contribution is 2.41. The molecule has 0 heterocycles. The second-order valence-electron chi connectivity index (χ2n) is 8.18. The number of methoxy groups -OCH3 is 1. The maximum absolute atomic E-state index is 12.8. The van der Waals surface area contributed by atoms with Gasteiger partial charge in [-0.3, -0.25) is 4.79 Å². The first-order valence-electron chi connectivity index (χ1n) is 10.1. The molecule has 156 valence electrons. The summed E-state index contributed by atoms with van der Waals surface area (Å²) in [5.41, 5.74) is -0.316. The molecular weight excluding hydrogens is 358 g/mol. The lowest BCUT2D eigenvalue weighted by molar-refractivity contribution is -0.155. The number of nitrogens with one attached hydrogen (secondary N) is 1. The molecule has 1 aromatic rings. The second kappa shape index (κ2) is 9.92. The molecule has 0 spiro atoms. The Kier molecular flexibility index (Phi) is 7.87. The first-order chi connectivity index (χ1) is 13.3. The smallest absolute Gasteiger partial charge is 0.343 e. The third kappa shape index (κ3) is 5.71. The van der Waals surface area contributed by atoms with Crippen LogP contribution in [0.15, 0.2) is 24.3 Å². The van der Waals surface area contributed by atoms with Crippen LogP contribution in [0.1, 0.15) is 45.6 Å². The van der Waals surface area contributed by atoms with E-state index < -0.39 is 11.6 Å². The van der Waals surface area contributed by atoms with Crippen molar-refractivity contribution in [2.75, 3.05) is 20.3 Å². The summed E-state index contributed by atoms with van der Waals surface area (Å²) in [4.78, 5) is 24.0. The lowest BCUT2D eigenvalue weighted by Crippen LogP contribution is -2.56. The van der Waals surface area contributed by atoms with Crippen LogP contribution < -0.4 is 10.1 Å². The Labute approximate surface area is 167 Å². The number of benzene rings is 1. The molecule has 1 aromatic carbocycles. The number of hydrogen-bond acceptors (Lipinski definition) is 5. The summed E-state index contributed by atoms with van der Waals surface area (Å²) in [5.74, 6) is 0.456. The summed E-state index contributed by atoms with van der Waals surface area (Å²) in [6.07, 6.45) is 3.05. The molecule has 0 saturated heterocycles. The molecule has 1 aliphatic rings. The summed E-state index contributed by atoms with van der Waals surface area (Å²) < 4.78 is 9.95. The summed E-state index contributed by atoms with van der Waals surface area (Å²) >= 11 is 0. The number of carbonyl (C=O) groups is 2. The molecule has 2 N–H and O–H groups in total. The van der Waals surface area contributed by atoms with Crippen molar-refractivity contribution >= 4 is 11.9 Å². The van der Waals surface area contributed by atoms with Crippen LogP contribution >= 0.6 is 0 Å². The molecule has 1 saturated carbocycles. The molecular formula is C22H33NO5. The maximum Gasteiger partial charge on any atom is 0.343 e. The summed E-state index contributed by atoms with van der Waals surface area (Å²) in [6.45, 7) is 6.52. The monoisotopic (exact) mass is 391 g/mol. The van der Waals surface area contributed by atoms with E-state index in [4.69, 9.17) is 4.74 Å². The van der Waals surface area contributed by atoms with E-state index in [2.05, 4.69) is 30.8 Å². The summed E-state index contributed by atoms with van der Waals surface area (Å²) in [7, 11) is 1.32. The van der Waals surface area contributed by atoms with E-state index in [1.54, 1.807) is 6.07 Å². The largest absolute Gasteiger partial charge is 0.482 e. The van der Waals surface area contributed by atoms with E-state index in [0.29, 0.717) is 31.1 Å². The van der Waals surface area contributed by atoms with Crippen molar-refractivity contribution in [3.8, 4) is 5.75 Å². The second-order valence-corrected chi connectivity index (χ2v) is 8.18. The number of esters is 1. The minimum absolute atomic E-state index is 0.0150. The van der Waals surface area contributed by atoms with Gasteiger partial charge in [-0.15, -0.1) is 0 Å². The van der Waals surface area contributed by atoms with Crippen LogP contribution in [0.2, 0.25) is 0 Å². The highest BCUT2D eigenvalue weighted by Gasteiger charge is 2.48. The lowest BCUT2D eigenvalue weighted by Gasteiger charge is -2.43. The Balaban J connectivity index is 1.91. The van der Waals surface area contributed by atoms with Crippen molar-refractivity contribution in [2.24, 2.45) is 17.8 Å². The Hall–Kier alpha value is -2.08. The van der Waals surface area contributed by atoms with Crippen molar-refractivity contribution in [1.29, 1.82) is 0 Å². The van der Waals surface area contributed by atoms with Crippen molar-refractivity contribution in [1.82, 2.24) is 5.32 Å². The van der Waals surface area contributed by atoms with Crippen LogP contribution in [-0.4, -0.2) is 42.8 Å². The van der Waals surface area contributed by atoms with Gasteiger partial charge in [-0.1, -0.05) is 39.3 Å². The third-order valence-electron chi connectivity index (χ3n) is 5.62. The Morgan fingerprint density at radius 1 is 1.32 bits per heavy atom. The van der Waals surface area contributed by atoms with Crippen molar-refractivity contribution in [3.05, 3.63) is 29.8 Å². The van der Waals surface area contributed by atoms with Gasteiger partial charge in [0, 0.05) is 6.54 Å². The van der Waals surface area contributed by atoms with Gasteiger partial charge in [-0.25, -0.2) is 4.79 Å². The van der Waals surface area contributed by atoms with Gasteiger partial charge in [-0.05, 0) is 54.7 Å². The van der Waals surface area contributed by atoms with Crippen LogP contribution in [-0.2, 0) is 20.7 Å². The molecule has 1 amide bonds. The van der Waals surface area contributed by atoms with Gasteiger partial charge >= 0.3 is 5.97 Å². The van der Waals surface area contributed by atoms with Crippen LogP contribution in [0.5, 0.6) is 5.75 Å². The summed E-state index contributed by atoms with van der Waals surface area (Å²) in [5, 5.41) is 14.1. The number of aliphatic hydroxyl groups is 1. The normalized spacial score (nSPS) is 24.6. The van der Waals surface area contributed by atoms with Gasteiger partial charge in [-0.2, -0.15) is 0 Å². The number of hydrogen-bond donors (Lipinski definition) is 2. The van der Waals surface area contributed by atoms with Crippen LogP contribution in [0.25, 0.3) is 0 Å². The predicted octanol–water partition coefficient (Wildman–Crippen LogP) is 2.72. The van der Waals surface area contributed by atoms with Crippen LogP contribution in [0, 0.1) is 17.8 Å². The summed E-state index contributed by atoms with van der Waals surface area (Å²) in [6, 6.07) is 7.38. The van der Waals surface area contributed by atoms with Gasteiger partial charge in [0.25, 0.3) is 5.91 Å². The molecule has 1 aliphatic carbocycles. The van der Waals surface area contributed by atoms with Crippen LogP contribution in [0.4, 0.5) is 0 Å². The Morgan fingerprint density at radius 2 is 2.07 bits per heavy atom. The SMILES string of the molecule is COC(=O)COc1cccc(CCNC(=O)[C@]2(O)C[C@H](C)CC[C@H]2C(C)C)c1. The van der Waals surface area contributed by atoms with Gasteiger partial charge in [0.2, 0.25) is 0 Å². The topological polar surface area (TPSA) is 84.9 Å². The minimum atomic E-state index is -1.29. The molecule has 6 heteroatoms. The maximum atomic E-state index is 12.8. The molecule has 6 nitrogen and oxygen atoms in total. The first-order valence-corrected chi connectivity index (χ1v) is 10.1. The lowest BCUT2D eigenvalue weighted by atomic mass is 9.66. The van der Waals surface area contributed by atoms with Crippen LogP contribution in [0.3, 0.4) is 0 Å². The molecule has 0 radical (unpaired) electrons. The molecule has 0 unspecified atom stereocenters. The fraction of sp³-hybridized carbons (Fsp3) is 0.636. The van der Waals surface area contributed by atoms with Gasteiger partial charge in [0.05, 0.1) is 7.11 Å². The first kappa shape index (κ1) is 22.2. The number of amides is 1. The average molecular weight is 392 g/mol. The van der Waals surface area contributed by atoms with E-state index in [0.717, 1.165) is 18.4 Å². The van der Waals surface area contributed by atoms with Crippen molar-refractivity contribution < 1.29 is 24.2 Å². The quantitative estimate of drug-likeness (QED) is 0.666. The zero-order valence-electron chi connectivity index (χ0n) is 17.4. The van der Waals surface area contributed by atoms with E-state index in [1.165, 1.54) is 7.11 Å². The van der Waals surface area contributed by atoms with E-state index >= 15 is 0 Å². The zero-order chi connectivity index (χ0) is 20.7. The molecule has 2 rings (SSSR count). The minimum Gasteiger partial charge on any atom is -0.482 e. The van der Waals surface area contributed by atoms with E-state index in [9.17, 15) is 14.7 Å². The van der Waals surface area contributed by atoms with E-state index in [1.807, 2.05) is 18.2 Å². The Morgan fingerprint density at radius 3 is 2.75 bits per heavy atom. The number of rotatable bonds is 8. The molecule has 0 bridgehead atoms. The van der Waals surface area contributed by atoms with Gasteiger partial charge < -0.3 is 19.9 Å². The number of ether oxygens (including phenoxy) is 2. The fourth-order valence-electron chi connectivity index (χ4n) is 4.10. The molecule has 1 fully saturated rings. The van der Waals surface area contributed by atoms with Gasteiger partial charge in [0.15, 0.2) is 6.61 Å². The number of carbonyl (C=O) groups excluding carboxylic acids is 2. The molecule has 0 aliphatic heterocycles. The van der Waals surface area contributed by atoms with Crippen molar-refractivity contribution in [2.45, 2.75) is 52.1 Å². The third-order valence-corrected chi connectivity index (χ3v) is 5.62. The van der Waals surface area contributed by atoms with Crippen molar-refractivity contribution in [3.63, 3.8) is 0 Å². The standard InChI is InChI=1S/C22H33NO5/c1-15(2)19-9-8-16(3)13-22(19,26)21(25)23-11-10-17-6-5-7-18(12-17)28-14-20(24)27-4/h5-7,12,15-16,19,26H,8-11,13-14H2,1-4H3,(H,23,25)/t16-,19+,22+/m1/s1.